The molecule has 6 nitrogen and oxygen atoms in total. The minimum atomic E-state index is -0.0771. The van der Waals surface area contributed by atoms with Gasteiger partial charge in [-0.25, -0.2) is 15.0 Å². The number of benzene rings is 1. The Morgan fingerprint density at radius 2 is 1.96 bits per heavy atom. The number of thioether (sulfide) groups is 1. The number of nitrogens with zero attached hydrogens (tertiary/aromatic N) is 5. The summed E-state index contributed by atoms with van der Waals surface area (Å²) in [5.74, 6) is 1.71. The van der Waals surface area contributed by atoms with Gasteiger partial charge in [0.05, 0.1) is 22.3 Å². The molecule has 0 bridgehead atoms. The molecule has 2 aromatic heterocycles. The van der Waals surface area contributed by atoms with Crippen LogP contribution in [0, 0.1) is 25.2 Å². The van der Waals surface area contributed by atoms with E-state index < -0.39 is 0 Å². The first-order valence-electron chi connectivity index (χ1n) is 7.34. The molecular weight excluding hydrogens is 322 g/mol. The van der Waals surface area contributed by atoms with E-state index in [1.165, 1.54) is 11.8 Å². The Hall–Kier alpha value is -2.72. The molecule has 1 aromatic carbocycles. The summed E-state index contributed by atoms with van der Waals surface area (Å²) >= 11 is 1.39. The van der Waals surface area contributed by atoms with Gasteiger partial charge >= 0.3 is 0 Å². The highest BCUT2D eigenvalue weighted by Gasteiger charge is 2.13. The van der Waals surface area contributed by atoms with Gasteiger partial charge in [0.1, 0.15) is 28.3 Å². The van der Waals surface area contributed by atoms with E-state index in [1.807, 2.05) is 18.2 Å². The highest BCUT2D eigenvalue weighted by Crippen LogP contribution is 2.25. The van der Waals surface area contributed by atoms with E-state index in [1.54, 1.807) is 31.5 Å². The molecule has 3 aromatic rings. The van der Waals surface area contributed by atoms with Gasteiger partial charge in [-0.3, -0.25) is 9.36 Å². The van der Waals surface area contributed by atoms with Crippen molar-refractivity contribution in [1.82, 2.24) is 19.5 Å². The minimum absolute atomic E-state index is 0.0771. The van der Waals surface area contributed by atoms with Gasteiger partial charge in [-0.1, -0.05) is 23.9 Å². The van der Waals surface area contributed by atoms with Crippen molar-refractivity contribution >= 4 is 22.7 Å². The third-order valence-corrected chi connectivity index (χ3v) is 4.67. The summed E-state index contributed by atoms with van der Waals surface area (Å²) in [6.45, 7) is 3.59. The van der Waals surface area contributed by atoms with Crippen LogP contribution in [0.15, 0.2) is 34.1 Å². The maximum absolute atomic E-state index is 12.4. The molecule has 0 saturated heterocycles. The lowest BCUT2D eigenvalue weighted by molar-refractivity contribution is 0.784. The molecule has 2 heterocycles. The molecule has 0 saturated carbocycles. The third-order valence-electron chi connectivity index (χ3n) is 3.69. The van der Waals surface area contributed by atoms with Crippen molar-refractivity contribution in [3.8, 4) is 6.07 Å². The predicted molar refractivity (Wildman–Crippen MR) is 92.8 cm³/mol. The quantitative estimate of drug-likeness (QED) is 0.539. The number of fused-ring (bicyclic) bond motifs is 1. The van der Waals surface area contributed by atoms with Crippen molar-refractivity contribution in [3.63, 3.8) is 0 Å². The van der Waals surface area contributed by atoms with Crippen molar-refractivity contribution in [3.05, 3.63) is 57.5 Å². The molecule has 0 fully saturated rings. The first-order chi connectivity index (χ1) is 11.5. The van der Waals surface area contributed by atoms with Gasteiger partial charge in [-0.2, -0.15) is 5.26 Å². The topological polar surface area (TPSA) is 84.5 Å². The van der Waals surface area contributed by atoms with E-state index in [4.69, 9.17) is 0 Å². The number of para-hydroxylation sites is 1. The maximum Gasteiger partial charge on any atom is 0.261 e. The molecule has 0 aliphatic carbocycles. The maximum atomic E-state index is 12.4. The zero-order chi connectivity index (χ0) is 17.3. The van der Waals surface area contributed by atoms with Crippen molar-refractivity contribution in [2.45, 2.75) is 24.6 Å². The number of hydrogen-bond donors (Lipinski definition) is 0. The van der Waals surface area contributed by atoms with E-state index in [9.17, 15) is 10.1 Å². The van der Waals surface area contributed by atoms with Crippen LogP contribution in [0.3, 0.4) is 0 Å². The van der Waals surface area contributed by atoms with E-state index in [-0.39, 0.29) is 5.56 Å². The van der Waals surface area contributed by atoms with Crippen LogP contribution in [-0.2, 0) is 12.8 Å². The number of nitriles is 1. The Labute approximate surface area is 143 Å². The molecule has 0 aliphatic rings. The smallest absolute Gasteiger partial charge is 0.261 e. The van der Waals surface area contributed by atoms with E-state index in [0.717, 1.165) is 0 Å². The second-order valence-electron chi connectivity index (χ2n) is 5.35. The van der Waals surface area contributed by atoms with Crippen LogP contribution < -0.4 is 5.56 Å². The van der Waals surface area contributed by atoms with Crippen molar-refractivity contribution < 1.29 is 0 Å². The minimum Gasteiger partial charge on any atom is -0.299 e. The molecule has 0 unspecified atom stereocenters. The summed E-state index contributed by atoms with van der Waals surface area (Å²) < 4.78 is 1.54. The van der Waals surface area contributed by atoms with E-state index in [0.29, 0.717) is 44.6 Å². The standard InChI is InChI=1S/C17H15N5OS/c1-10-13(8-18)16(20-11(2)19-10)24-9-15-21-14-7-5-4-6-12(14)17(23)22(15)3/h4-7H,9H2,1-3H3. The van der Waals surface area contributed by atoms with Gasteiger partial charge in [0, 0.05) is 7.05 Å². The summed E-state index contributed by atoms with van der Waals surface area (Å²) in [5, 5.41) is 10.5. The Morgan fingerprint density at radius 1 is 1.21 bits per heavy atom. The Morgan fingerprint density at radius 3 is 2.71 bits per heavy atom. The third kappa shape index (κ3) is 2.88. The number of hydrogen-bond acceptors (Lipinski definition) is 6. The summed E-state index contributed by atoms with van der Waals surface area (Å²) in [7, 11) is 1.71. The fraction of sp³-hybridized carbons (Fsp3) is 0.235. The number of aryl methyl sites for hydroxylation is 2. The molecule has 0 spiro atoms. The van der Waals surface area contributed by atoms with Gasteiger partial charge in [0.15, 0.2) is 0 Å². The van der Waals surface area contributed by atoms with Gasteiger partial charge in [-0.15, -0.1) is 0 Å². The predicted octanol–water partition coefficient (Wildman–Crippen LogP) is 2.50. The summed E-state index contributed by atoms with van der Waals surface area (Å²) in [6, 6.07) is 9.43. The Kier molecular flexibility index (Phi) is 4.32. The number of aromatic nitrogens is 4. The van der Waals surface area contributed by atoms with Crippen LogP contribution in [0.25, 0.3) is 10.9 Å². The molecule has 0 amide bonds. The molecule has 0 aliphatic heterocycles. The van der Waals surface area contributed by atoms with Gasteiger partial charge < -0.3 is 0 Å². The SMILES string of the molecule is Cc1nc(C)c(C#N)c(SCc2nc3ccccc3c(=O)n2C)n1. The van der Waals surface area contributed by atoms with Gasteiger partial charge in [-0.05, 0) is 26.0 Å². The van der Waals surface area contributed by atoms with Crippen LogP contribution in [-0.4, -0.2) is 19.5 Å². The highest BCUT2D eigenvalue weighted by atomic mass is 32.2. The molecular formula is C17H15N5OS. The molecule has 0 atom stereocenters. The van der Waals surface area contributed by atoms with Crippen molar-refractivity contribution in [2.75, 3.05) is 0 Å². The zero-order valence-corrected chi connectivity index (χ0v) is 14.4. The fourth-order valence-electron chi connectivity index (χ4n) is 2.44. The summed E-state index contributed by atoms with van der Waals surface area (Å²) in [4.78, 5) is 25.6. The summed E-state index contributed by atoms with van der Waals surface area (Å²) in [5.41, 5.74) is 1.72. The van der Waals surface area contributed by atoms with Crippen molar-refractivity contribution in [1.29, 1.82) is 5.26 Å². The van der Waals surface area contributed by atoms with Crippen LogP contribution in [0.1, 0.15) is 22.9 Å². The second-order valence-corrected chi connectivity index (χ2v) is 6.31. The van der Waals surface area contributed by atoms with Crippen LogP contribution in [0.2, 0.25) is 0 Å². The average molecular weight is 337 g/mol. The van der Waals surface area contributed by atoms with Gasteiger partial charge in [0.2, 0.25) is 0 Å². The molecule has 0 N–H and O–H groups in total. The first-order valence-corrected chi connectivity index (χ1v) is 8.32. The molecule has 7 heteroatoms. The van der Waals surface area contributed by atoms with Crippen LogP contribution >= 0.6 is 11.8 Å². The lowest BCUT2D eigenvalue weighted by atomic mass is 10.2. The summed E-state index contributed by atoms with van der Waals surface area (Å²) in [6.07, 6.45) is 0. The molecule has 24 heavy (non-hydrogen) atoms. The monoisotopic (exact) mass is 337 g/mol. The van der Waals surface area contributed by atoms with E-state index >= 15 is 0 Å². The normalized spacial score (nSPS) is 10.8. The molecule has 0 radical (unpaired) electrons. The largest absolute Gasteiger partial charge is 0.299 e. The van der Waals surface area contributed by atoms with Gasteiger partial charge in [0.25, 0.3) is 5.56 Å². The average Bonchev–Trinajstić information content (AvgIpc) is 2.56. The highest BCUT2D eigenvalue weighted by molar-refractivity contribution is 7.98. The second kappa shape index (κ2) is 6.42. The lowest BCUT2D eigenvalue weighted by Crippen LogP contribution is -2.21. The van der Waals surface area contributed by atoms with E-state index in [2.05, 4.69) is 21.0 Å². The first kappa shape index (κ1) is 16.1. The Bertz CT molecular complexity index is 1040. The molecule has 120 valence electrons. The fourth-order valence-corrected chi connectivity index (χ4v) is 3.50. The van der Waals surface area contributed by atoms with Crippen molar-refractivity contribution in [2.24, 2.45) is 7.05 Å². The van der Waals surface area contributed by atoms with Crippen LogP contribution in [0.4, 0.5) is 0 Å². The van der Waals surface area contributed by atoms with Crippen LogP contribution in [0.5, 0.6) is 0 Å². The number of rotatable bonds is 3. The lowest BCUT2D eigenvalue weighted by Gasteiger charge is -2.10. The molecule has 3 rings (SSSR count). The zero-order valence-electron chi connectivity index (χ0n) is 13.6. The Balaban J connectivity index is 1.99.